The number of H-pyrrole nitrogens is 1. The number of hydrogen-bond acceptors (Lipinski definition) is 5. The van der Waals surface area contributed by atoms with Crippen molar-refractivity contribution in [3.63, 3.8) is 0 Å². The van der Waals surface area contributed by atoms with Gasteiger partial charge in [-0.15, -0.1) is 0 Å². The summed E-state index contributed by atoms with van der Waals surface area (Å²) in [7, 11) is 0. The average Bonchev–Trinajstić information content (AvgIpc) is 2.75. The number of aromatic hydroxyl groups is 2. The molecule has 7 nitrogen and oxygen atoms in total. The zero-order chi connectivity index (χ0) is 13.1. The zero-order valence-corrected chi connectivity index (χ0v) is 9.34. The summed E-state index contributed by atoms with van der Waals surface area (Å²) in [6.07, 6.45) is 1.52. The third kappa shape index (κ3) is 2.34. The number of phenols is 2. The summed E-state index contributed by atoms with van der Waals surface area (Å²) >= 11 is 0. The fraction of sp³-hybridized carbons (Fsp3) is 0.0909. The molecular formula is C11H12N4O3. The van der Waals surface area contributed by atoms with Crippen molar-refractivity contribution in [2.75, 3.05) is 5.73 Å². The van der Waals surface area contributed by atoms with E-state index in [1.54, 1.807) is 0 Å². The Morgan fingerprint density at radius 3 is 2.78 bits per heavy atom. The van der Waals surface area contributed by atoms with Gasteiger partial charge in [0.05, 0.1) is 6.20 Å². The average molecular weight is 248 g/mol. The normalized spacial score (nSPS) is 10.2. The number of nitrogens with zero attached hydrogens (tertiary/aromatic N) is 1. The number of anilines is 1. The van der Waals surface area contributed by atoms with E-state index >= 15 is 0 Å². The Hall–Kier alpha value is -2.70. The maximum absolute atomic E-state index is 11.7. The van der Waals surface area contributed by atoms with Crippen LogP contribution in [0.25, 0.3) is 0 Å². The highest BCUT2D eigenvalue weighted by molar-refractivity contribution is 5.94. The maximum Gasteiger partial charge on any atom is 0.251 e. The number of hydrogen-bond donors (Lipinski definition) is 5. The lowest BCUT2D eigenvalue weighted by Gasteiger charge is -2.05. The van der Waals surface area contributed by atoms with Crippen LogP contribution in [-0.4, -0.2) is 26.3 Å². The minimum absolute atomic E-state index is 0.225. The van der Waals surface area contributed by atoms with E-state index in [2.05, 4.69) is 15.5 Å². The van der Waals surface area contributed by atoms with Crippen molar-refractivity contribution >= 4 is 11.7 Å². The Balaban J connectivity index is 2.04. The quantitative estimate of drug-likeness (QED) is 0.501. The molecule has 0 unspecified atom stereocenters. The number of aromatic amines is 1. The Kier molecular flexibility index (Phi) is 3.05. The van der Waals surface area contributed by atoms with Crippen molar-refractivity contribution in [1.82, 2.24) is 15.5 Å². The molecule has 2 rings (SSSR count). The van der Waals surface area contributed by atoms with E-state index in [0.717, 1.165) is 0 Å². The van der Waals surface area contributed by atoms with Gasteiger partial charge in [0.1, 0.15) is 5.82 Å². The van der Waals surface area contributed by atoms with E-state index in [-0.39, 0.29) is 29.5 Å². The number of aromatic nitrogens is 2. The molecule has 1 amide bonds. The first-order chi connectivity index (χ1) is 8.58. The molecule has 2 aromatic rings. The van der Waals surface area contributed by atoms with Crippen LogP contribution >= 0.6 is 0 Å². The molecule has 0 saturated carbocycles. The first-order valence-electron chi connectivity index (χ1n) is 5.16. The predicted molar refractivity (Wildman–Crippen MR) is 63.9 cm³/mol. The number of carbonyl (C=O) groups excluding carboxylic acids is 1. The van der Waals surface area contributed by atoms with Crippen molar-refractivity contribution in [1.29, 1.82) is 0 Å². The van der Waals surface area contributed by atoms with Gasteiger partial charge in [-0.1, -0.05) is 0 Å². The summed E-state index contributed by atoms with van der Waals surface area (Å²) in [5.74, 6) is -0.606. The van der Waals surface area contributed by atoms with Gasteiger partial charge in [-0.05, 0) is 18.2 Å². The molecule has 0 aliphatic carbocycles. The molecule has 6 N–H and O–H groups in total. The van der Waals surface area contributed by atoms with Crippen LogP contribution in [0.5, 0.6) is 11.5 Å². The molecule has 1 aromatic carbocycles. The van der Waals surface area contributed by atoms with Gasteiger partial charge >= 0.3 is 0 Å². The number of carbonyl (C=O) groups is 1. The largest absolute Gasteiger partial charge is 0.504 e. The van der Waals surface area contributed by atoms with Gasteiger partial charge in [0.15, 0.2) is 11.5 Å². The van der Waals surface area contributed by atoms with E-state index in [1.165, 1.54) is 24.4 Å². The number of phenolic OH excluding ortho intramolecular Hbond substituents is 2. The van der Waals surface area contributed by atoms with Crippen molar-refractivity contribution < 1.29 is 15.0 Å². The summed E-state index contributed by atoms with van der Waals surface area (Å²) in [5, 5.41) is 27.3. The molecule has 0 saturated heterocycles. The Bertz CT molecular complexity index is 579. The van der Waals surface area contributed by atoms with Crippen molar-refractivity contribution in [3.05, 3.63) is 35.5 Å². The van der Waals surface area contributed by atoms with E-state index in [4.69, 9.17) is 10.8 Å². The second-order valence-corrected chi connectivity index (χ2v) is 3.70. The van der Waals surface area contributed by atoms with Crippen molar-refractivity contribution in [3.8, 4) is 11.5 Å². The molecule has 1 aromatic heterocycles. The highest BCUT2D eigenvalue weighted by atomic mass is 16.3. The van der Waals surface area contributed by atoms with E-state index in [9.17, 15) is 9.90 Å². The lowest BCUT2D eigenvalue weighted by molar-refractivity contribution is 0.0950. The van der Waals surface area contributed by atoms with Crippen LogP contribution in [0.4, 0.5) is 5.82 Å². The Morgan fingerprint density at radius 1 is 1.39 bits per heavy atom. The molecule has 18 heavy (non-hydrogen) atoms. The molecule has 0 radical (unpaired) electrons. The maximum atomic E-state index is 11.7. The summed E-state index contributed by atoms with van der Waals surface area (Å²) < 4.78 is 0. The molecule has 0 aliphatic rings. The molecule has 0 aliphatic heterocycles. The zero-order valence-electron chi connectivity index (χ0n) is 9.34. The molecule has 0 fully saturated rings. The monoisotopic (exact) mass is 248 g/mol. The van der Waals surface area contributed by atoms with E-state index < -0.39 is 0 Å². The third-order valence-corrected chi connectivity index (χ3v) is 2.43. The SMILES string of the molecule is Nc1[nH]ncc1CNC(=O)c1ccc(O)c(O)c1. The molecule has 0 atom stereocenters. The van der Waals surface area contributed by atoms with Gasteiger partial charge < -0.3 is 21.3 Å². The second kappa shape index (κ2) is 4.66. The standard InChI is InChI=1S/C11H12N4O3/c12-10-7(5-14-15-10)4-13-11(18)6-1-2-8(16)9(17)3-6/h1-3,5,16-17H,4H2,(H,13,18)(H3,12,14,15). The van der Waals surface area contributed by atoms with Gasteiger partial charge in [0.2, 0.25) is 0 Å². The number of rotatable bonds is 3. The topological polar surface area (TPSA) is 124 Å². The summed E-state index contributed by atoms with van der Waals surface area (Å²) in [5.41, 5.74) is 6.48. The molecule has 0 spiro atoms. The molecule has 1 heterocycles. The molecular weight excluding hydrogens is 236 g/mol. The summed E-state index contributed by atoms with van der Waals surface area (Å²) in [6.45, 7) is 0.225. The first kappa shape index (κ1) is 11.8. The Morgan fingerprint density at radius 2 is 2.17 bits per heavy atom. The number of nitrogens with two attached hydrogens (primary N) is 1. The van der Waals surface area contributed by atoms with Gasteiger partial charge in [-0.2, -0.15) is 5.10 Å². The third-order valence-electron chi connectivity index (χ3n) is 2.43. The highest BCUT2D eigenvalue weighted by Crippen LogP contribution is 2.24. The van der Waals surface area contributed by atoms with Crippen LogP contribution in [0.2, 0.25) is 0 Å². The summed E-state index contributed by atoms with van der Waals surface area (Å²) in [6, 6.07) is 3.84. The fourth-order valence-electron chi connectivity index (χ4n) is 1.40. The smallest absolute Gasteiger partial charge is 0.251 e. The summed E-state index contributed by atoms with van der Waals surface area (Å²) in [4.78, 5) is 11.7. The van der Waals surface area contributed by atoms with Gasteiger partial charge in [-0.3, -0.25) is 9.89 Å². The van der Waals surface area contributed by atoms with Crippen molar-refractivity contribution in [2.45, 2.75) is 6.54 Å². The number of nitrogens with one attached hydrogen (secondary N) is 2. The second-order valence-electron chi connectivity index (χ2n) is 3.70. The lowest BCUT2D eigenvalue weighted by atomic mass is 10.2. The highest BCUT2D eigenvalue weighted by Gasteiger charge is 2.09. The van der Waals surface area contributed by atoms with Crippen LogP contribution in [0.1, 0.15) is 15.9 Å². The number of benzene rings is 1. The predicted octanol–water partition coefficient (Wildman–Crippen LogP) is 0.333. The van der Waals surface area contributed by atoms with Crippen LogP contribution in [0.15, 0.2) is 24.4 Å². The van der Waals surface area contributed by atoms with Crippen LogP contribution in [0.3, 0.4) is 0 Å². The van der Waals surface area contributed by atoms with Crippen molar-refractivity contribution in [2.24, 2.45) is 0 Å². The fourth-order valence-corrected chi connectivity index (χ4v) is 1.40. The minimum Gasteiger partial charge on any atom is -0.504 e. The van der Waals surface area contributed by atoms with E-state index in [0.29, 0.717) is 11.4 Å². The lowest BCUT2D eigenvalue weighted by Crippen LogP contribution is -2.22. The van der Waals surface area contributed by atoms with Gasteiger partial charge in [0, 0.05) is 17.7 Å². The van der Waals surface area contributed by atoms with Crippen LogP contribution in [0, 0.1) is 0 Å². The van der Waals surface area contributed by atoms with Gasteiger partial charge in [-0.25, -0.2) is 0 Å². The number of amides is 1. The molecule has 7 heteroatoms. The van der Waals surface area contributed by atoms with Gasteiger partial charge in [0.25, 0.3) is 5.91 Å². The molecule has 0 bridgehead atoms. The molecule has 94 valence electrons. The van der Waals surface area contributed by atoms with Crippen LogP contribution < -0.4 is 11.1 Å². The van der Waals surface area contributed by atoms with Crippen LogP contribution in [-0.2, 0) is 6.54 Å². The first-order valence-corrected chi connectivity index (χ1v) is 5.16. The Labute approximate surface area is 102 Å². The minimum atomic E-state index is -0.383. The number of nitrogen functional groups attached to an aromatic ring is 1. The van der Waals surface area contributed by atoms with E-state index in [1.807, 2.05) is 0 Å².